The lowest BCUT2D eigenvalue weighted by Gasteiger charge is -2.19. The van der Waals surface area contributed by atoms with Gasteiger partial charge in [-0.25, -0.2) is 14.4 Å². The second kappa shape index (κ2) is 5.19. The molecule has 20 heavy (non-hydrogen) atoms. The van der Waals surface area contributed by atoms with Crippen LogP contribution in [0, 0.1) is 12.7 Å². The number of halogens is 1. The maximum absolute atomic E-state index is 13.4. The molecule has 0 saturated carbocycles. The Labute approximate surface area is 118 Å². The van der Waals surface area contributed by atoms with Crippen LogP contribution in [0.25, 0.3) is 11.4 Å². The van der Waals surface area contributed by atoms with E-state index in [1.807, 2.05) is 7.05 Å². The van der Waals surface area contributed by atoms with Crippen LogP contribution in [0.15, 0.2) is 18.2 Å². The number of benzene rings is 1. The van der Waals surface area contributed by atoms with Gasteiger partial charge in [0.1, 0.15) is 11.6 Å². The standard InChI is InChI=1S/C16H18FN3/c1-10-9-11(7-8-13(10)17)15-19-14-6-4-3-5-12(14)16(18-2)20-15/h7-9H,3-6H2,1-2H3,(H,18,19,20). The molecule has 1 N–H and O–H groups in total. The molecule has 0 bridgehead atoms. The van der Waals surface area contributed by atoms with Crippen LogP contribution in [-0.4, -0.2) is 17.0 Å². The topological polar surface area (TPSA) is 37.8 Å². The average molecular weight is 271 g/mol. The minimum Gasteiger partial charge on any atom is -0.373 e. The molecule has 104 valence electrons. The van der Waals surface area contributed by atoms with E-state index in [1.54, 1.807) is 19.1 Å². The molecule has 0 spiro atoms. The van der Waals surface area contributed by atoms with Crippen LogP contribution in [0.5, 0.6) is 0 Å². The summed E-state index contributed by atoms with van der Waals surface area (Å²) in [5, 5.41) is 3.17. The number of hydrogen-bond acceptors (Lipinski definition) is 3. The summed E-state index contributed by atoms with van der Waals surface area (Å²) in [6.45, 7) is 1.76. The molecule has 1 aromatic carbocycles. The molecule has 3 rings (SSSR count). The Morgan fingerprint density at radius 2 is 1.95 bits per heavy atom. The number of nitrogens with zero attached hydrogens (tertiary/aromatic N) is 2. The van der Waals surface area contributed by atoms with Gasteiger partial charge in [-0.2, -0.15) is 0 Å². The van der Waals surface area contributed by atoms with Gasteiger partial charge in [0, 0.05) is 23.9 Å². The number of aromatic nitrogens is 2. The van der Waals surface area contributed by atoms with E-state index in [4.69, 9.17) is 0 Å². The van der Waals surface area contributed by atoms with Crippen LogP contribution in [0.4, 0.5) is 10.2 Å². The smallest absolute Gasteiger partial charge is 0.161 e. The fourth-order valence-electron chi connectivity index (χ4n) is 2.71. The molecular weight excluding hydrogens is 253 g/mol. The van der Waals surface area contributed by atoms with Gasteiger partial charge in [0.15, 0.2) is 5.82 Å². The summed E-state index contributed by atoms with van der Waals surface area (Å²) in [7, 11) is 1.89. The summed E-state index contributed by atoms with van der Waals surface area (Å²) in [4.78, 5) is 9.29. The maximum atomic E-state index is 13.4. The molecule has 0 unspecified atom stereocenters. The van der Waals surface area contributed by atoms with Gasteiger partial charge in [0.25, 0.3) is 0 Å². The first kappa shape index (κ1) is 13.0. The van der Waals surface area contributed by atoms with Gasteiger partial charge in [-0.3, -0.25) is 0 Å². The predicted octanol–water partition coefficient (Wildman–Crippen LogP) is 3.51. The fraction of sp³-hybridized carbons (Fsp3) is 0.375. The normalized spacial score (nSPS) is 13.9. The van der Waals surface area contributed by atoms with Crippen LogP contribution in [0.3, 0.4) is 0 Å². The molecule has 0 atom stereocenters. The summed E-state index contributed by atoms with van der Waals surface area (Å²) in [6, 6.07) is 5.03. The third-order valence-electron chi connectivity index (χ3n) is 3.84. The first-order chi connectivity index (χ1) is 9.69. The summed E-state index contributed by atoms with van der Waals surface area (Å²) >= 11 is 0. The highest BCUT2D eigenvalue weighted by molar-refractivity contribution is 5.61. The zero-order valence-corrected chi connectivity index (χ0v) is 11.8. The maximum Gasteiger partial charge on any atom is 0.161 e. The minimum absolute atomic E-state index is 0.194. The summed E-state index contributed by atoms with van der Waals surface area (Å²) in [5.41, 5.74) is 3.86. The van der Waals surface area contributed by atoms with E-state index in [0.29, 0.717) is 11.4 Å². The van der Waals surface area contributed by atoms with Crippen molar-refractivity contribution in [3.63, 3.8) is 0 Å². The van der Waals surface area contributed by atoms with Gasteiger partial charge in [-0.05, 0) is 56.4 Å². The molecule has 1 aliphatic carbocycles. The molecule has 0 aliphatic heterocycles. The molecule has 0 radical (unpaired) electrons. The Hall–Kier alpha value is -1.97. The first-order valence-corrected chi connectivity index (χ1v) is 7.03. The van der Waals surface area contributed by atoms with Crippen molar-refractivity contribution in [2.45, 2.75) is 32.6 Å². The molecule has 2 aromatic rings. The Morgan fingerprint density at radius 3 is 2.70 bits per heavy atom. The minimum atomic E-state index is -0.194. The number of fused-ring (bicyclic) bond motifs is 1. The average Bonchev–Trinajstić information content (AvgIpc) is 2.49. The molecule has 0 saturated heterocycles. The van der Waals surface area contributed by atoms with Crippen molar-refractivity contribution in [3.8, 4) is 11.4 Å². The molecular formula is C16H18FN3. The van der Waals surface area contributed by atoms with E-state index in [1.165, 1.54) is 24.5 Å². The van der Waals surface area contributed by atoms with E-state index < -0.39 is 0 Å². The number of hydrogen-bond donors (Lipinski definition) is 1. The van der Waals surface area contributed by atoms with E-state index in [2.05, 4.69) is 15.3 Å². The van der Waals surface area contributed by atoms with E-state index in [0.717, 1.165) is 29.9 Å². The Bertz CT molecular complexity index is 635. The second-order valence-corrected chi connectivity index (χ2v) is 5.24. The Balaban J connectivity index is 2.11. The highest BCUT2D eigenvalue weighted by atomic mass is 19.1. The first-order valence-electron chi connectivity index (χ1n) is 7.03. The van der Waals surface area contributed by atoms with Crippen molar-refractivity contribution >= 4 is 5.82 Å². The number of nitrogens with one attached hydrogen (secondary N) is 1. The monoisotopic (exact) mass is 271 g/mol. The quantitative estimate of drug-likeness (QED) is 0.908. The van der Waals surface area contributed by atoms with Crippen molar-refractivity contribution in [2.75, 3.05) is 12.4 Å². The van der Waals surface area contributed by atoms with Gasteiger partial charge in [0.05, 0.1) is 0 Å². The zero-order valence-electron chi connectivity index (χ0n) is 11.8. The van der Waals surface area contributed by atoms with Crippen LogP contribution >= 0.6 is 0 Å². The van der Waals surface area contributed by atoms with Crippen molar-refractivity contribution < 1.29 is 4.39 Å². The van der Waals surface area contributed by atoms with Crippen molar-refractivity contribution in [1.29, 1.82) is 0 Å². The van der Waals surface area contributed by atoms with Gasteiger partial charge < -0.3 is 5.32 Å². The van der Waals surface area contributed by atoms with Crippen molar-refractivity contribution in [3.05, 3.63) is 40.8 Å². The van der Waals surface area contributed by atoms with E-state index in [-0.39, 0.29) is 5.82 Å². The number of aryl methyl sites for hydroxylation is 2. The Morgan fingerprint density at radius 1 is 1.15 bits per heavy atom. The third kappa shape index (κ3) is 2.26. The SMILES string of the molecule is CNc1nc(-c2ccc(F)c(C)c2)nc2c1CCCC2. The number of rotatable bonds is 2. The van der Waals surface area contributed by atoms with Crippen LogP contribution in [0.2, 0.25) is 0 Å². The highest BCUT2D eigenvalue weighted by Gasteiger charge is 2.18. The van der Waals surface area contributed by atoms with Crippen LogP contribution < -0.4 is 5.32 Å². The molecule has 4 heteroatoms. The van der Waals surface area contributed by atoms with Gasteiger partial charge in [-0.15, -0.1) is 0 Å². The van der Waals surface area contributed by atoms with Crippen LogP contribution in [-0.2, 0) is 12.8 Å². The molecule has 3 nitrogen and oxygen atoms in total. The predicted molar refractivity (Wildman–Crippen MR) is 78.4 cm³/mol. The molecule has 0 fully saturated rings. The third-order valence-corrected chi connectivity index (χ3v) is 3.84. The fourth-order valence-corrected chi connectivity index (χ4v) is 2.71. The van der Waals surface area contributed by atoms with Crippen LogP contribution in [0.1, 0.15) is 29.7 Å². The largest absolute Gasteiger partial charge is 0.373 e. The lowest BCUT2D eigenvalue weighted by molar-refractivity contribution is 0.618. The van der Waals surface area contributed by atoms with E-state index in [9.17, 15) is 4.39 Å². The zero-order chi connectivity index (χ0) is 14.1. The second-order valence-electron chi connectivity index (χ2n) is 5.24. The lowest BCUT2D eigenvalue weighted by atomic mass is 9.96. The van der Waals surface area contributed by atoms with E-state index >= 15 is 0 Å². The number of anilines is 1. The van der Waals surface area contributed by atoms with Gasteiger partial charge >= 0.3 is 0 Å². The summed E-state index contributed by atoms with van der Waals surface area (Å²) < 4.78 is 13.4. The molecule has 1 aliphatic rings. The summed E-state index contributed by atoms with van der Waals surface area (Å²) in [6.07, 6.45) is 4.41. The van der Waals surface area contributed by atoms with Gasteiger partial charge in [-0.1, -0.05) is 0 Å². The van der Waals surface area contributed by atoms with Gasteiger partial charge in [0.2, 0.25) is 0 Å². The molecule has 1 heterocycles. The molecule has 0 amide bonds. The Kier molecular flexibility index (Phi) is 3.38. The molecule has 1 aromatic heterocycles. The van der Waals surface area contributed by atoms with Crippen molar-refractivity contribution in [1.82, 2.24) is 9.97 Å². The summed E-state index contributed by atoms with van der Waals surface area (Å²) in [5.74, 6) is 1.39. The lowest BCUT2D eigenvalue weighted by Crippen LogP contribution is -2.12. The highest BCUT2D eigenvalue weighted by Crippen LogP contribution is 2.28. The van der Waals surface area contributed by atoms with Crippen molar-refractivity contribution in [2.24, 2.45) is 0 Å².